The van der Waals surface area contributed by atoms with Crippen molar-refractivity contribution in [3.05, 3.63) is 53.1 Å². The van der Waals surface area contributed by atoms with E-state index in [1.165, 1.54) is 5.56 Å². The van der Waals surface area contributed by atoms with Gasteiger partial charge in [-0.2, -0.15) is 0 Å². The molecule has 128 valence electrons. The molecule has 2 aromatic rings. The highest BCUT2D eigenvalue weighted by molar-refractivity contribution is 5.91. The van der Waals surface area contributed by atoms with Gasteiger partial charge in [-0.25, -0.2) is 0 Å². The van der Waals surface area contributed by atoms with Crippen LogP contribution < -0.4 is 14.8 Å². The molecule has 1 N–H and O–H groups in total. The number of carbonyl (C=O) groups excluding carboxylic acids is 1. The maximum Gasteiger partial charge on any atom is 0.224 e. The molecule has 0 saturated carbocycles. The van der Waals surface area contributed by atoms with Crippen molar-refractivity contribution < 1.29 is 14.3 Å². The molecular formula is C20H25NO3. The van der Waals surface area contributed by atoms with Crippen molar-refractivity contribution in [2.24, 2.45) is 0 Å². The van der Waals surface area contributed by atoms with E-state index in [2.05, 4.69) is 11.4 Å². The Labute approximate surface area is 143 Å². The number of amides is 1. The van der Waals surface area contributed by atoms with Crippen molar-refractivity contribution in [2.75, 3.05) is 19.0 Å². The Morgan fingerprint density at radius 3 is 2.54 bits per heavy atom. The third-order valence-corrected chi connectivity index (χ3v) is 3.82. The quantitative estimate of drug-likeness (QED) is 0.825. The van der Waals surface area contributed by atoms with Crippen LogP contribution in [0.4, 0.5) is 5.69 Å². The molecule has 0 aromatic heterocycles. The fourth-order valence-corrected chi connectivity index (χ4v) is 2.57. The molecule has 1 amide bonds. The smallest absolute Gasteiger partial charge is 0.224 e. The summed E-state index contributed by atoms with van der Waals surface area (Å²) in [5.41, 5.74) is 4.18. The first-order valence-corrected chi connectivity index (χ1v) is 8.20. The van der Waals surface area contributed by atoms with Crippen LogP contribution >= 0.6 is 0 Å². The number of rotatable bonds is 7. The lowest BCUT2D eigenvalue weighted by Crippen LogP contribution is -2.13. The number of methoxy groups -OCH3 is 1. The molecule has 0 saturated heterocycles. The summed E-state index contributed by atoms with van der Waals surface area (Å²) in [5, 5.41) is 2.97. The van der Waals surface area contributed by atoms with E-state index in [-0.39, 0.29) is 5.91 Å². The van der Waals surface area contributed by atoms with Gasteiger partial charge in [-0.05, 0) is 56.5 Å². The molecule has 0 fully saturated rings. The number of carbonyl (C=O) groups is 1. The maximum atomic E-state index is 12.2. The van der Waals surface area contributed by atoms with Crippen LogP contribution in [0.15, 0.2) is 36.4 Å². The molecule has 0 heterocycles. The number of aryl methyl sites for hydroxylation is 3. The van der Waals surface area contributed by atoms with Crippen LogP contribution in [0.3, 0.4) is 0 Å². The SMILES string of the molecule is CCOc1ccc(CCC(=O)Nc2ccc(C)cc2C)cc1OC. The van der Waals surface area contributed by atoms with Gasteiger partial charge in [-0.3, -0.25) is 4.79 Å². The summed E-state index contributed by atoms with van der Waals surface area (Å²) in [6.07, 6.45) is 1.07. The normalized spacial score (nSPS) is 10.3. The Bertz CT molecular complexity index is 710. The molecule has 0 radical (unpaired) electrons. The zero-order valence-electron chi connectivity index (χ0n) is 14.8. The van der Waals surface area contributed by atoms with Crippen molar-refractivity contribution in [1.82, 2.24) is 0 Å². The zero-order valence-corrected chi connectivity index (χ0v) is 14.8. The topological polar surface area (TPSA) is 47.6 Å². The standard InChI is InChI=1S/C20H25NO3/c1-5-24-18-10-7-16(13-19(18)23-4)8-11-20(22)21-17-9-6-14(2)12-15(17)3/h6-7,9-10,12-13H,5,8,11H2,1-4H3,(H,21,22). The summed E-state index contributed by atoms with van der Waals surface area (Å²) >= 11 is 0. The number of nitrogens with one attached hydrogen (secondary N) is 1. The molecule has 0 aliphatic rings. The van der Waals surface area contributed by atoms with Crippen LogP contribution in [0.2, 0.25) is 0 Å². The van der Waals surface area contributed by atoms with Crippen molar-refractivity contribution in [2.45, 2.75) is 33.6 Å². The van der Waals surface area contributed by atoms with Crippen molar-refractivity contribution in [3.8, 4) is 11.5 Å². The van der Waals surface area contributed by atoms with Gasteiger partial charge in [0.1, 0.15) is 0 Å². The number of ether oxygens (including phenoxy) is 2. The van der Waals surface area contributed by atoms with E-state index in [1.807, 2.05) is 51.1 Å². The average Bonchev–Trinajstić information content (AvgIpc) is 2.56. The Balaban J connectivity index is 1.96. The van der Waals surface area contributed by atoms with E-state index in [4.69, 9.17) is 9.47 Å². The summed E-state index contributed by atoms with van der Waals surface area (Å²) in [4.78, 5) is 12.2. The fourth-order valence-electron chi connectivity index (χ4n) is 2.57. The van der Waals surface area contributed by atoms with Crippen molar-refractivity contribution >= 4 is 11.6 Å². The Morgan fingerprint density at radius 2 is 1.88 bits per heavy atom. The molecule has 0 aliphatic carbocycles. The Hall–Kier alpha value is -2.49. The number of anilines is 1. The Morgan fingerprint density at radius 1 is 1.08 bits per heavy atom. The van der Waals surface area contributed by atoms with E-state index < -0.39 is 0 Å². The van der Waals surface area contributed by atoms with E-state index >= 15 is 0 Å². The average molecular weight is 327 g/mol. The molecule has 4 heteroatoms. The minimum Gasteiger partial charge on any atom is -0.493 e. The highest BCUT2D eigenvalue weighted by atomic mass is 16.5. The second kappa shape index (κ2) is 8.39. The van der Waals surface area contributed by atoms with Gasteiger partial charge in [0.2, 0.25) is 5.91 Å². The fraction of sp³-hybridized carbons (Fsp3) is 0.350. The largest absolute Gasteiger partial charge is 0.493 e. The van der Waals surface area contributed by atoms with Crippen LogP contribution in [0, 0.1) is 13.8 Å². The second-order valence-corrected chi connectivity index (χ2v) is 5.78. The van der Waals surface area contributed by atoms with Gasteiger partial charge in [0.05, 0.1) is 13.7 Å². The predicted octanol–water partition coefficient (Wildman–Crippen LogP) is 4.28. The lowest BCUT2D eigenvalue weighted by atomic mass is 10.1. The molecule has 4 nitrogen and oxygen atoms in total. The van der Waals surface area contributed by atoms with Crippen LogP contribution in [-0.4, -0.2) is 19.6 Å². The number of benzene rings is 2. The molecule has 2 aromatic carbocycles. The first kappa shape index (κ1) is 17.9. The van der Waals surface area contributed by atoms with E-state index in [0.29, 0.717) is 25.2 Å². The predicted molar refractivity (Wildman–Crippen MR) is 97.0 cm³/mol. The van der Waals surface area contributed by atoms with Gasteiger partial charge in [0.25, 0.3) is 0 Å². The van der Waals surface area contributed by atoms with E-state index in [9.17, 15) is 4.79 Å². The summed E-state index contributed by atoms with van der Waals surface area (Å²) in [5.74, 6) is 1.43. The van der Waals surface area contributed by atoms with Gasteiger partial charge < -0.3 is 14.8 Å². The molecule has 0 spiro atoms. The highest BCUT2D eigenvalue weighted by Crippen LogP contribution is 2.28. The summed E-state index contributed by atoms with van der Waals surface area (Å²) in [6, 6.07) is 11.8. The molecule has 0 atom stereocenters. The van der Waals surface area contributed by atoms with Gasteiger partial charge in [0, 0.05) is 12.1 Å². The molecule has 0 bridgehead atoms. The van der Waals surface area contributed by atoms with Gasteiger partial charge in [-0.1, -0.05) is 23.8 Å². The number of hydrogen-bond donors (Lipinski definition) is 1. The third kappa shape index (κ3) is 4.75. The first-order chi connectivity index (χ1) is 11.5. The Kier molecular flexibility index (Phi) is 6.24. The lowest BCUT2D eigenvalue weighted by Gasteiger charge is -2.12. The summed E-state index contributed by atoms with van der Waals surface area (Å²) < 4.78 is 10.8. The van der Waals surface area contributed by atoms with E-state index in [1.54, 1.807) is 7.11 Å². The van der Waals surface area contributed by atoms with Crippen LogP contribution in [-0.2, 0) is 11.2 Å². The van der Waals surface area contributed by atoms with Gasteiger partial charge >= 0.3 is 0 Å². The molecule has 0 unspecified atom stereocenters. The molecule has 2 rings (SSSR count). The van der Waals surface area contributed by atoms with Crippen LogP contribution in [0.1, 0.15) is 30.0 Å². The van der Waals surface area contributed by atoms with Crippen molar-refractivity contribution in [1.29, 1.82) is 0 Å². The highest BCUT2D eigenvalue weighted by Gasteiger charge is 2.08. The number of hydrogen-bond acceptors (Lipinski definition) is 3. The molecule has 24 heavy (non-hydrogen) atoms. The van der Waals surface area contributed by atoms with Crippen molar-refractivity contribution in [3.63, 3.8) is 0 Å². The first-order valence-electron chi connectivity index (χ1n) is 8.20. The van der Waals surface area contributed by atoms with Gasteiger partial charge in [0.15, 0.2) is 11.5 Å². The summed E-state index contributed by atoms with van der Waals surface area (Å²) in [7, 11) is 1.62. The lowest BCUT2D eigenvalue weighted by molar-refractivity contribution is -0.116. The van der Waals surface area contributed by atoms with Crippen LogP contribution in [0.25, 0.3) is 0 Å². The zero-order chi connectivity index (χ0) is 17.5. The van der Waals surface area contributed by atoms with E-state index in [0.717, 1.165) is 22.6 Å². The maximum absolute atomic E-state index is 12.2. The monoisotopic (exact) mass is 327 g/mol. The molecule has 0 aliphatic heterocycles. The third-order valence-electron chi connectivity index (χ3n) is 3.82. The second-order valence-electron chi connectivity index (χ2n) is 5.78. The van der Waals surface area contributed by atoms with Crippen LogP contribution in [0.5, 0.6) is 11.5 Å². The molecular weight excluding hydrogens is 302 g/mol. The minimum absolute atomic E-state index is 0.00908. The minimum atomic E-state index is 0.00908. The summed E-state index contributed by atoms with van der Waals surface area (Å²) in [6.45, 7) is 6.57. The van der Waals surface area contributed by atoms with Gasteiger partial charge in [-0.15, -0.1) is 0 Å².